The van der Waals surface area contributed by atoms with Crippen molar-refractivity contribution in [1.29, 1.82) is 0 Å². The summed E-state index contributed by atoms with van der Waals surface area (Å²) in [5.74, 6) is 2.59. The molecule has 2 aromatic heterocycles. The topological polar surface area (TPSA) is 75.9 Å². The van der Waals surface area contributed by atoms with E-state index in [4.69, 9.17) is 4.52 Å². The molecule has 3 rings (SSSR count). The first-order valence-electron chi connectivity index (χ1n) is 9.61. The molecule has 1 fully saturated rings. The van der Waals surface area contributed by atoms with E-state index in [1.165, 1.54) is 38.5 Å². The van der Waals surface area contributed by atoms with Crippen molar-refractivity contribution in [1.82, 2.24) is 20.4 Å². The number of hydrogen-bond donors (Lipinski definition) is 2. The number of aromatic nitrogens is 3. The minimum absolute atomic E-state index is 0.340. The van der Waals surface area contributed by atoms with Crippen molar-refractivity contribution in [3.05, 3.63) is 24.2 Å². The van der Waals surface area contributed by atoms with Gasteiger partial charge in [-0.05, 0) is 31.5 Å². The van der Waals surface area contributed by atoms with Crippen LogP contribution in [0.4, 0.5) is 5.82 Å². The summed E-state index contributed by atoms with van der Waals surface area (Å²) in [6.45, 7) is 5.15. The quantitative estimate of drug-likeness (QED) is 0.636. The number of anilines is 1. The molecule has 136 valence electrons. The molecule has 3 heterocycles. The van der Waals surface area contributed by atoms with Gasteiger partial charge in [-0.1, -0.05) is 44.2 Å². The Labute approximate surface area is 149 Å². The third-order valence-electron chi connectivity index (χ3n) is 4.71. The van der Waals surface area contributed by atoms with Crippen LogP contribution in [0.2, 0.25) is 0 Å². The van der Waals surface area contributed by atoms with E-state index in [0.717, 1.165) is 43.3 Å². The number of pyridine rings is 1. The van der Waals surface area contributed by atoms with Gasteiger partial charge >= 0.3 is 0 Å². The summed E-state index contributed by atoms with van der Waals surface area (Å²) in [7, 11) is 0. The van der Waals surface area contributed by atoms with E-state index in [0.29, 0.717) is 11.7 Å². The zero-order valence-corrected chi connectivity index (χ0v) is 15.1. The first kappa shape index (κ1) is 17.9. The molecule has 0 amide bonds. The van der Waals surface area contributed by atoms with Crippen molar-refractivity contribution in [3.8, 4) is 11.4 Å². The lowest BCUT2D eigenvalue weighted by molar-refractivity contribution is 0.359. The first-order chi connectivity index (χ1) is 12.4. The van der Waals surface area contributed by atoms with Gasteiger partial charge in [0.25, 0.3) is 0 Å². The highest BCUT2D eigenvalue weighted by atomic mass is 16.5. The van der Waals surface area contributed by atoms with E-state index in [9.17, 15) is 0 Å². The maximum atomic E-state index is 5.41. The molecule has 2 N–H and O–H groups in total. The molecule has 0 aliphatic carbocycles. The number of nitrogens with zero attached hydrogens (tertiary/aromatic N) is 3. The number of hydrogen-bond acceptors (Lipinski definition) is 6. The van der Waals surface area contributed by atoms with Crippen molar-refractivity contribution in [2.45, 2.75) is 57.8 Å². The predicted molar refractivity (Wildman–Crippen MR) is 99.6 cm³/mol. The molecule has 1 aliphatic rings. The van der Waals surface area contributed by atoms with Crippen molar-refractivity contribution in [2.75, 3.05) is 25.0 Å². The smallest absolute Gasteiger partial charge is 0.231 e. The van der Waals surface area contributed by atoms with Crippen LogP contribution in [-0.4, -0.2) is 34.8 Å². The maximum absolute atomic E-state index is 5.41. The molecule has 0 radical (unpaired) electrons. The second kappa shape index (κ2) is 9.51. The third-order valence-corrected chi connectivity index (χ3v) is 4.71. The van der Waals surface area contributed by atoms with Crippen LogP contribution in [0.3, 0.4) is 0 Å². The Morgan fingerprint density at radius 3 is 2.84 bits per heavy atom. The summed E-state index contributed by atoms with van der Waals surface area (Å²) in [6.07, 6.45) is 10.7. The molecule has 6 nitrogen and oxygen atoms in total. The zero-order valence-electron chi connectivity index (χ0n) is 15.1. The summed E-state index contributed by atoms with van der Waals surface area (Å²) >= 11 is 0. The van der Waals surface area contributed by atoms with Crippen molar-refractivity contribution >= 4 is 5.82 Å². The highest BCUT2D eigenvalue weighted by Crippen LogP contribution is 2.23. The molecule has 0 unspecified atom stereocenters. The Kier molecular flexibility index (Phi) is 6.79. The Morgan fingerprint density at radius 2 is 2.08 bits per heavy atom. The average molecular weight is 343 g/mol. The van der Waals surface area contributed by atoms with Gasteiger partial charge in [-0.3, -0.25) is 0 Å². The molecular weight excluding hydrogens is 314 g/mol. The van der Waals surface area contributed by atoms with Gasteiger partial charge in [-0.15, -0.1) is 0 Å². The van der Waals surface area contributed by atoms with Gasteiger partial charge in [0.2, 0.25) is 11.7 Å². The summed E-state index contributed by atoms with van der Waals surface area (Å²) in [5.41, 5.74) is 0.895. The second-order valence-corrected chi connectivity index (χ2v) is 6.77. The van der Waals surface area contributed by atoms with Gasteiger partial charge in [0.05, 0.1) is 5.92 Å². The van der Waals surface area contributed by atoms with Gasteiger partial charge in [0.15, 0.2) is 0 Å². The normalized spacial score (nSPS) is 17.1. The van der Waals surface area contributed by atoms with Gasteiger partial charge in [0, 0.05) is 24.8 Å². The fourth-order valence-electron chi connectivity index (χ4n) is 3.14. The molecule has 0 aromatic carbocycles. The van der Waals surface area contributed by atoms with Crippen molar-refractivity contribution in [2.24, 2.45) is 0 Å². The molecule has 2 aromatic rings. The van der Waals surface area contributed by atoms with Crippen LogP contribution in [0.15, 0.2) is 22.9 Å². The third kappa shape index (κ3) is 5.26. The molecule has 25 heavy (non-hydrogen) atoms. The van der Waals surface area contributed by atoms with Crippen LogP contribution in [0.25, 0.3) is 11.4 Å². The van der Waals surface area contributed by atoms with E-state index < -0.39 is 0 Å². The highest BCUT2D eigenvalue weighted by molar-refractivity contribution is 5.55. The first-order valence-corrected chi connectivity index (χ1v) is 9.61. The van der Waals surface area contributed by atoms with Gasteiger partial charge in [-0.2, -0.15) is 4.98 Å². The Hall–Kier alpha value is -1.95. The van der Waals surface area contributed by atoms with Gasteiger partial charge in [-0.25, -0.2) is 4.98 Å². The van der Waals surface area contributed by atoms with Crippen LogP contribution >= 0.6 is 0 Å². The molecule has 0 spiro atoms. The highest BCUT2D eigenvalue weighted by Gasteiger charge is 2.23. The molecular formula is C19H29N5O. The lowest BCUT2D eigenvalue weighted by Gasteiger charge is -2.05. The lowest BCUT2D eigenvalue weighted by atomic mass is 10.1. The van der Waals surface area contributed by atoms with E-state index >= 15 is 0 Å². The summed E-state index contributed by atoms with van der Waals surface area (Å²) in [6, 6.07) is 3.98. The average Bonchev–Trinajstić information content (AvgIpc) is 3.33. The molecule has 0 bridgehead atoms. The lowest BCUT2D eigenvalue weighted by Crippen LogP contribution is -2.08. The minimum Gasteiger partial charge on any atom is -0.370 e. The van der Waals surface area contributed by atoms with Crippen LogP contribution in [-0.2, 0) is 0 Å². The van der Waals surface area contributed by atoms with Crippen LogP contribution < -0.4 is 10.6 Å². The van der Waals surface area contributed by atoms with Crippen LogP contribution in [0.5, 0.6) is 0 Å². The Morgan fingerprint density at radius 1 is 1.20 bits per heavy atom. The fraction of sp³-hybridized carbons (Fsp3) is 0.632. The summed E-state index contributed by atoms with van der Waals surface area (Å²) in [4.78, 5) is 8.99. The Balaban J connectivity index is 1.44. The number of rotatable bonds is 10. The van der Waals surface area contributed by atoms with E-state index in [2.05, 4.69) is 32.7 Å². The standard InChI is InChI=1S/C19H29N5O/c1-2-3-4-5-6-7-11-21-17-9-8-15(14-22-17)18-23-19(25-24-18)16-10-12-20-13-16/h8-9,14,16,20H,2-7,10-13H2,1H3,(H,21,22)/t16-/m1/s1. The summed E-state index contributed by atoms with van der Waals surface area (Å²) in [5, 5.41) is 10.8. The Bertz CT molecular complexity index is 619. The largest absolute Gasteiger partial charge is 0.370 e. The SMILES string of the molecule is CCCCCCCCNc1ccc(-c2noc([C@@H]3CCNC3)n2)cn1. The van der Waals surface area contributed by atoms with E-state index in [-0.39, 0.29) is 0 Å². The van der Waals surface area contributed by atoms with Crippen molar-refractivity contribution in [3.63, 3.8) is 0 Å². The monoisotopic (exact) mass is 343 g/mol. The zero-order chi connectivity index (χ0) is 17.3. The summed E-state index contributed by atoms with van der Waals surface area (Å²) < 4.78 is 5.41. The second-order valence-electron chi connectivity index (χ2n) is 6.77. The number of nitrogens with one attached hydrogen (secondary N) is 2. The van der Waals surface area contributed by atoms with E-state index in [1.54, 1.807) is 0 Å². The van der Waals surface area contributed by atoms with Crippen LogP contribution in [0.1, 0.15) is 63.7 Å². The van der Waals surface area contributed by atoms with Gasteiger partial charge in [0.1, 0.15) is 5.82 Å². The molecule has 1 saturated heterocycles. The minimum atomic E-state index is 0.340. The van der Waals surface area contributed by atoms with Gasteiger partial charge < -0.3 is 15.2 Å². The molecule has 0 saturated carbocycles. The molecule has 1 aliphatic heterocycles. The van der Waals surface area contributed by atoms with Crippen LogP contribution in [0, 0.1) is 0 Å². The molecule has 1 atom stereocenters. The van der Waals surface area contributed by atoms with Crippen molar-refractivity contribution < 1.29 is 4.52 Å². The fourth-order valence-corrected chi connectivity index (χ4v) is 3.14. The molecule has 6 heteroatoms. The maximum Gasteiger partial charge on any atom is 0.231 e. The number of unbranched alkanes of at least 4 members (excludes halogenated alkanes) is 5. The predicted octanol–water partition coefficient (Wildman–Crippen LogP) is 3.98. The van der Waals surface area contributed by atoms with E-state index in [1.807, 2.05) is 18.3 Å².